The molecule has 6 aliphatic heterocycles. The third-order valence-corrected chi connectivity index (χ3v) is 20.7. The first-order valence-corrected chi connectivity index (χ1v) is 41.0. The van der Waals surface area contributed by atoms with Crippen molar-refractivity contribution in [3.8, 4) is 34.5 Å². The number of aliphatic carboxylic acids is 2. The van der Waals surface area contributed by atoms with Gasteiger partial charge in [0.2, 0.25) is 18.9 Å². The molecule has 720 valence electrons. The minimum absolute atomic E-state index is 0.00624. The lowest BCUT2D eigenvalue weighted by molar-refractivity contribution is -0.271. The minimum Gasteiger partial charge on any atom is -0.493 e. The van der Waals surface area contributed by atoms with Crippen LogP contribution in [0, 0.1) is 6.92 Å². The van der Waals surface area contributed by atoms with Crippen LogP contribution in [0.1, 0.15) is 94.9 Å². The number of hydrogen-bond donors (Lipinski definition) is 12. The van der Waals surface area contributed by atoms with Crippen LogP contribution in [0.25, 0.3) is 0 Å². The zero-order valence-corrected chi connectivity index (χ0v) is 71.7. The van der Waals surface area contributed by atoms with Gasteiger partial charge in [-0.25, -0.2) is 29.0 Å². The third-order valence-electron chi connectivity index (χ3n) is 20.7. The number of carbonyl (C=O) groups excluding carboxylic acids is 9. The number of ketones is 1. The number of halogens is 3. The van der Waals surface area contributed by atoms with Crippen molar-refractivity contribution in [2.24, 2.45) is 5.73 Å². The van der Waals surface area contributed by atoms with Gasteiger partial charge in [-0.3, -0.25) is 24.0 Å². The highest BCUT2D eigenvalue weighted by atomic mass is 19.4. The first-order chi connectivity index (χ1) is 63.0. The number of nitrogens with one attached hydrogen (secondary N) is 1. The molecule has 0 spiro atoms. The topological polar surface area (TPSA) is 589 Å². The van der Waals surface area contributed by atoms with Crippen LogP contribution in [-0.2, 0) is 97.8 Å². The Balaban J connectivity index is 0.00000208. The standard InChI is InChI=1S/C83H102N6O34.C2HF3O.CO2/c1-44-25-58-77(102)88(82(106)120-39-48-9-11-63(122-81-72(98)69(95)70(96)73(123-81)79(104)105)55(32-48)74(99)85-13-16-111-18-17-110-15-12-84)56-34-64(46(3)27-52(56)75(100)86(58)36-44)116-40-49-28-50(30-51(29-49)115-24-23-113-20-19-112-21-22-114-43-67(92)93)41-117-66-35-57-53(33-65(66)109-5)76(101)87-37-45(2)26-59(87)78(103)89(57)83(107)119-38-47-8-10-62(54(31-47)60(90)7-6-14-108-4)121-80-71(97)68(94)61(91)42-118-80;3-2(4,5)1-6;2-1-3/h8-11,27-35,58-59,61,68-73,77-78,80-81,91,94-98,102-103H,1-2,6-7,12-26,36-43,84H2,3-5H3,(H,85,99)(H,92,93)(H,104,105);1H;/t58-,59-,61+,68-,69-,70-,71+,72+,73-,77?,78?,80-,81+;;/m0../s1. The molecule has 13 atom stereocenters. The Morgan fingerprint density at radius 3 is 1.61 bits per heavy atom. The lowest BCUT2D eigenvalue weighted by atomic mass is 9.99. The number of rotatable bonds is 42. The predicted molar refractivity (Wildman–Crippen MR) is 441 cm³/mol. The normalized spacial score (nSPS) is 21.9. The molecule has 46 heteroatoms. The average molecular weight is 1870 g/mol. The van der Waals surface area contributed by atoms with E-state index in [0.717, 1.165) is 9.80 Å². The summed E-state index contributed by atoms with van der Waals surface area (Å²) in [6.45, 7) is 8.95. The van der Waals surface area contributed by atoms with Crippen LogP contribution in [0.15, 0.2) is 103 Å². The van der Waals surface area contributed by atoms with Crippen LogP contribution in [0.4, 0.5) is 34.1 Å². The predicted octanol–water partition coefficient (Wildman–Crippen LogP) is 1.75. The number of carboxylic acid groups (broad SMARTS) is 2. The molecule has 43 nitrogen and oxygen atoms in total. The van der Waals surface area contributed by atoms with Gasteiger partial charge < -0.3 is 148 Å². The Morgan fingerprint density at radius 2 is 1.08 bits per heavy atom. The summed E-state index contributed by atoms with van der Waals surface area (Å²) in [6, 6.07) is 16.6. The number of anilines is 2. The van der Waals surface area contributed by atoms with Crippen molar-refractivity contribution >= 4 is 71.4 Å². The maximum absolute atomic E-state index is 14.9. The molecule has 2 unspecified atom stereocenters. The number of aliphatic hydroxyl groups excluding tert-OH is 8. The summed E-state index contributed by atoms with van der Waals surface area (Å²) in [5.41, 5.74) is 7.61. The van der Waals surface area contributed by atoms with Crippen LogP contribution in [0.3, 0.4) is 0 Å². The number of nitrogens with zero attached hydrogens (tertiary/aromatic N) is 4. The van der Waals surface area contributed by atoms with Crippen LogP contribution in [0.5, 0.6) is 34.5 Å². The van der Waals surface area contributed by atoms with E-state index in [1.54, 1.807) is 25.1 Å². The number of fused-ring (bicyclic) bond motifs is 4. The zero-order valence-electron chi connectivity index (χ0n) is 71.7. The summed E-state index contributed by atoms with van der Waals surface area (Å²) in [4.78, 5) is 139. The van der Waals surface area contributed by atoms with Gasteiger partial charge in [-0.15, -0.1) is 0 Å². The number of amides is 5. The first-order valence-electron chi connectivity index (χ1n) is 41.0. The lowest BCUT2D eigenvalue weighted by Crippen LogP contribution is -2.61. The summed E-state index contributed by atoms with van der Waals surface area (Å²) in [6.07, 6.45) is -27.2. The molecule has 0 aromatic heterocycles. The van der Waals surface area contributed by atoms with Crippen molar-refractivity contribution in [2.75, 3.05) is 136 Å². The number of benzene rings is 5. The number of carboxylic acids is 2. The number of nitrogens with two attached hydrogens (primary N) is 1. The molecule has 5 aromatic rings. The molecular formula is C86H103F3N6O37. The third kappa shape index (κ3) is 27.9. The van der Waals surface area contributed by atoms with Crippen LogP contribution in [-0.4, -0.2) is 333 Å². The van der Waals surface area contributed by atoms with E-state index in [0.29, 0.717) is 47.4 Å². The maximum Gasteiger partial charge on any atom is 0.446 e. The molecule has 132 heavy (non-hydrogen) atoms. The quantitative estimate of drug-likeness (QED) is 0.0115. The number of carbonyl (C=O) groups is 9. The Kier molecular flexibility index (Phi) is 39.0. The number of ether oxygens (including phenoxy) is 16. The van der Waals surface area contributed by atoms with Gasteiger partial charge in [-0.2, -0.15) is 22.8 Å². The van der Waals surface area contributed by atoms with E-state index in [9.17, 15) is 97.5 Å². The van der Waals surface area contributed by atoms with Crippen LogP contribution in [0.2, 0.25) is 0 Å². The van der Waals surface area contributed by atoms with Gasteiger partial charge in [-0.05, 0) is 109 Å². The molecule has 4 fully saturated rings. The molecule has 13 N–H and O–H groups in total. The van der Waals surface area contributed by atoms with Gasteiger partial charge in [0, 0.05) is 58.4 Å². The van der Waals surface area contributed by atoms with E-state index < -0.39 is 160 Å². The molecule has 5 aromatic carbocycles. The van der Waals surface area contributed by atoms with E-state index in [4.69, 9.17) is 101 Å². The Morgan fingerprint density at radius 1 is 0.576 bits per heavy atom. The van der Waals surface area contributed by atoms with E-state index >= 15 is 0 Å². The summed E-state index contributed by atoms with van der Waals surface area (Å²) in [5.74, 6) is -5.23. The molecule has 0 bridgehead atoms. The monoisotopic (exact) mass is 1870 g/mol. The SMILES string of the molecule is C=C1C[C@H]2C(O)N(C(=O)OCc3ccc(O[C@@H]4O[C@H](C(=O)O)[C@@H](O)[C@H](O)[C@H]4O)c(C(=O)NCCOCCOCCN)c3)c3cc(OCc4cc(COc5cc6c(cc5OC)C(=O)N5CC(=C)C[C@H]5C(O)N6C(=O)OCc5ccc(O[C@@H]6OC[C@@H](O)[C@H](O)[C@H]6O)c(C(=O)CCCOC)c5)cc(OCCOCCOCCOCC(=O)O)c4)c(C)cc3C(=O)N2C1.O=C=O.O=CC(F)(F)F. The molecule has 11 rings (SSSR count). The lowest BCUT2D eigenvalue weighted by Gasteiger charge is -2.38. The van der Waals surface area contributed by atoms with Gasteiger partial charge in [-0.1, -0.05) is 36.4 Å². The van der Waals surface area contributed by atoms with Crippen molar-refractivity contribution in [1.82, 2.24) is 15.1 Å². The fraction of sp³-hybridized carbons (Fsp3) is 0.488. The summed E-state index contributed by atoms with van der Waals surface area (Å²) in [7, 11) is 2.80. The van der Waals surface area contributed by atoms with Gasteiger partial charge in [0.1, 0.15) is 99.3 Å². The van der Waals surface area contributed by atoms with Crippen LogP contribution < -0.4 is 49.3 Å². The average Bonchev–Trinajstić information content (AvgIpc) is 1.60. The second-order valence-electron chi connectivity index (χ2n) is 30.2. The number of Topliss-reactive ketones (excluding diaryl/α,β-unsaturated/α-hetero) is 1. The molecule has 0 aliphatic carbocycles. The highest BCUT2D eigenvalue weighted by Gasteiger charge is 2.51. The number of hydrogen-bond acceptors (Lipinski definition) is 36. The molecule has 4 saturated heterocycles. The van der Waals surface area contributed by atoms with Gasteiger partial charge in [0.15, 0.2) is 35.8 Å². The second-order valence-corrected chi connectivity index (χ2v) is 30.2. The van der Waals surface area contributed by atoms with E-state index in [1.807, 2.05) is 0 Å². The van der Waals surface area contributed by atoms with Crippen molar-refractivity contribution < 1.29 is 193 Å². The number of aliphatic hydroxyl groups is 8. The molecular weight excluding hydrogens is 1770 g/mol. The molecule has 5 amide bonds. The van der Waals surface area contributed by atoms with Crippen LogP contribution >= 0.6 is 0 Å². The van der Waals surface area contributed by atoms with E-state index in [1.165, 1.54) is 84.7 Å². The summed E-state index contributed by atoms with van der Waals surface area (Å²) < 4.78 is 123. The van der Waals surface area contributed by atoms with Crippen molar-refractivity contribution in [3.05, 3.63) is 153 Å². The molecule has 0 saturated carbocycles. The number of alkyl halides is 3. The Labute approximate surface area is 751 Å². The smallest absolute Gasteiger partial charge is 0.446 e. The highest BCUT2D eigenvalue weighted by molar-refractivity contribution is 6.07. The Bertz CT molecular complexity index is 4900. The molecule has 6 heterocycles. The van der Waals surface area contributed by atoms with Crippen molar-refractivity contribution in [3.63, 3.8) is 0 Å². The van der Waals surface area contributed by atoms with Gasteiger partial charge in [0.25, 0.3) is 17.7 Å². The van der Waals surface area contributed by atoms with Gasteiger partial charge >= 0.3 is 36.5 Å². The Hall–Kier alpha value is -11.9. The largest absolute Gasteiger partial charge is 0.493 e. The second kappa shape index (κ2) is 49.5. The highest BCUT2D eigenvalue weighted by Crippen LogP contribution is 2.45. The fourth-order valence-electron chi connectivity index (χ4n) is 14.4. The van der Waals surface area contributed by atoms with Gasteiger partial charge in [0.05, 0.1) is 119 Å². The number of methoxy groups -OCH3 is 2. The van der Waals surface area contributed by atoms with Crippen molar-refractivity contribution in [2.45, 2.75) is 145 Å². The summed E-state index contributed by atoms with van der Waals surface area (Å²) in [5, 5.41) is 109. The summed E-state index contributed by atoms with van der Waals surface area (Å²) >= 11 is 0. The maximum atomic E-state index is 14.9. The number of aldehydes is 1. The van der Waals surface area contributed by atoms with Crippen molar-refractivity contribution in [1.29, 1.82) is 0 Å². The van der Waals surface area contributed by atoms with E-state index in [2.05, 4.69) is 18.5 Å². The number of aryl methyl sites for hydroxylation is 1. The molecule has 0 radical (unpaired) electrons. The minimum atomic E-state index is -4.64. The zero-order chi connectivity index (χ0) is 96.2. The van der Waals surface area contributed by atoms with E-state index in [-0.39, 0.29) is 210 Å². The molecule has 6 aliphatic rings. The fourth-order valence-corrected chi connectivity index (χ4v) is 14.4. The first kappa shape index (κ1) is 104.